The van der Waals surface area contributed by atoms with E-state index in [0.29, 0.717) is 6.54 Å². The van der Waals surface area contributed by atoms with Crippen LogP contribution in [-0.2, 0) is 4.79 Å². The molecule has 0 saturated carbocycles. The fourth-order valence-corrected chi connectivity index (χ4v) is 5.76. The van der Waals surface area contributed by atoms with Gasteiger partial charge < -0.3 is 24.7 Å². The van der Waals surface area contributed by atoms with Crippen molar-refractivity contribution in [3.8, 4) is 5.75 Å². The Hall–Kier alpha value is -2.10. The molecule has 0 bridgehead atoms. The number of carbonyl (C=O) groups is 1. The van der Waals surface area contributed by atoms with E-state index in [4.69, 9.17) is 9.84 Å². The van der Waals surface area contributed by atoms with Crippen LogP contribution in [0.25, 0.3) is 0 Å². The van der Waals surface area contributed by atoms with Crippen LogP contribution in [-0.4, -0.2) is 91.6 Å². The number of aliphatic hydroxyl groups is 2. The summed E-state index contributed by atoms with van der Waals surface area (Å²) in [4.78, 5) is 20.9. The van der Waals surface area contributed by atoms with E-state index in [1.807, 2.05) is 48.5 Å². The lowest BCUT2D eigenvalue weighted by Crippen LogP contribution is -2.48. The van der Waals surface area contributed by atoms with Gasteiger partial charge in [0.25, 0.3) is 5.91 Å². The van der Waals surface area contributed by atoms with E-state index in [2.05, 4.69) is 9.80 Å². The number of rotatable bonds is 8. The van der Waals surface area contributed by atoms with Crippen molar-refractivity contribution in [2.24, 2.45) is 0 Å². The smallest absolute Gasteiger partial charge is 0.257 e. The van der Waals surface area contributed by atoms with Crippen LogP contribution in [0.2, 0.25) is 0 Å². The minimum atomic E-state index is -1.13. The maximum absolute atomic E-state index is 13.4. The Balaban J connectivity index is 1.44. The third-order valence-electron chi connectivity index (χ3n) is 6.40. The van der Waals surface area contributed by atoms with Gasteiger partial charge in [0, 0.05) is 44.2 Å². The first-order valence-electron chi connectivity index (χ1n) is 11.6. The van der Waals surface area contributed by atoms with E-state index in [0.717, 1.165) is 67.6 Å². The number of aliphatic hydroxyl groups excluding tert-OH is 2. The van der Waals surface area contributed by atoms with Gasteiger partial charge in [0.1, 0.15) is 11.9 Å². The van der Waals surface area contributed by atoms with E-state index in [9.17, 15) is 9.90 Å². The van der Waals surface area contributed by atoms with Crippen LogP contribution >= 0.6 is 11.8 Å². The second-order valence-corrected chi connectivity index (χ2v) is 9.66. The lowest BCUT2D eigenvalue weighted by atomic mass is 10.1. The number of carbonyl (C=O) groups excluding carboxylic acids is 1. The maximum Gasteiger partial charge on any atom is 0.257 e. The first kappa shape index (κ1) is 24.0. The Morgan fingerprint density at radius 3 is 2.30 bits per heavy atom. The van der Waals surface area contributed by atoms with Crippen molar-refractivity contribution >= 4 is 23.4 Å². The molecular formula is C25H33N3O4S. The molecule has 2 atom stereocenters. The fraction of sp³-hybridized carbons (Fsp3) is 0.480. The number of hydrogen-bond donors (Lipinski definition) is 2. The van der Waals surface area contributed by atoms with Crippen LogP contribution in [0.4, 0.5) is 5.69 Å². The summed E-state index contributed by atoms with van der Waals surface area (Å²) in [6.45, 7) is 6.29. The molecular weight excluding hydrogens is 438 g/mol. The molecule has 0 spiro atoms. The molecule has 2 N–H and O–H groups in total. The molecule has 2 heterocycles. The van der Waals surface area contributed by atoms with Gasteiger partial charge in [0.05, 0.1) is 24.7 Å². The van der Waals surface area contributed by atoms with Gasteiger partial charge in [-0.25, -0.2) is 0 Å². The zero-order chi connectivity index (χ0) is 23.2. The zero-order valence-electron chi connectivity index (χ0n) is 19.1. The molecule has 4 rings (SSSR count). The van der Waals surface area contributed by atoms with Gasteiger partial charge in [0.15, 0.2) is 0 Å². The fourth-order valence-electron chi connectivity index (χ4n) is 4.49. The maximum atomic E-state index is 13.4. The molecule has 0 aliphatic carbocycles. The topological polar surface area (TPSA) is 76.5 Å². The minimum Gasteiger partial charge on any atom is -0.497 e. The standard InChI is InChI=1S/C25H33N3O4S/c1-32-20-9-7-19(8-10-20)24-23(30)25(31)28(21-5-2-3-6-22(21)33-24)12-4-11-26-13-15-27(16-14-26)17-18-29/h2-3,5-10,23-24,29-30H,4,11-18H2,1H3/t23-,24+/m1/s1. The van der Waals surface area contributed by atoms with Crippen molar-refractivity contribution in [3.05, 3.63) is 54.1 Å². The lowest BCUT2D eigenvalue weighted by Gasteiger charge is -2.34. The number of methoxy groups -OCH3 is 1. The quantitative estimate of drug-likeness (QED) is 0.612. The Bertz CT molecular complexity index is 918. The number of ether oxygens (including phenoxy) is 1. The molecule has 0 radical (unpaired) electrons. The molecule has 2 aromatic rings. The monoisotopic (exact) mass is 471 g/mol. The van der Waals surface area contributed by atoms with Crippen LogP contribution in [0.5, 0.6) is 5.75 Å². The molecule has 7 nitrogen and oxygen atoms in total. The molecule has 1 fully saturated rings. The lowest BCUT2D eigenvalue weighted by molar-refractivity contribution is -0.126. The number of nitrogens with zero attached hydrogens (tertiary/aromatic N) is 3. The normalized spacial score (nSPS) is 22.2. The number of para-hydroxylation sites is 1. The summed E-state index contributed by atoms with van der Waals surface area (Å²) in [7, 11) is 1.62. The third-order valence-corrected chi connectivity index (χ3v) is 7.78. The number of piperazine rings is 1. The number of benzene rings is 2. The highest BCUT2D eigenvalue weighted by atomic mass is 32.2. The Labute approximate surface area is 199 Å². The molecule has 0 aromatic heterocycles. The Morgan fingerprint density at radius 1 is 0.970 bits per heavy atom. The summed E-state index contributed by atoms with van der Waals surface area (Å²) in [5.41, 5.74) is 1.77. The van der Waals surface area contributed by atoms with Crippen molar-refractivity contribution in [1.82, 2.24) is 9.80 Å². The molecule has 2 aliphatic heterocycles. The first-order chi connectivity index (χ1) is 16.1. The molecule has 0 unspecified atom stereocenters. The van der Waals surface area contributed by atoms with Crippen molar-refractivity contribution < 1.29 is 19.7 Å². The highest BCUT2D eigenvalue weighted by molar-refractivity contribution is 7.99. The highest BCUT2D eigenvalue weighted by Gasteiger charge is 2.37. The van der Waals surface area contributed by atoms with E-state index in [-0.39, 0.29) is 17.8 Å². The average Bonchev–Trinajstić information content (AvgIpc) is 2.95. The van der Waals surface area contributed by atoms with Crippen LogP contribution in [0.1, 0.15) is 17.2 Å². The van der Waals surface area contributed by atoms with E-state index in [1.165, 1.54) is 11.8 Å². The molecule has 2 aromatic carbocycles. The van der Waals surface area contributed by atoms with Gasteiger partial charge in [-0.3, -0.25) is 9.69 Å². The zero-order valence-corrected chi connectivity index (χ0v) is 19.9. The minimum absolute atomic E-state index is 0.203. The summed E-state index contributed by atoms with van der Waals surface area (Å²) >= 11 is 1.54. The average molecular weight is 472 g/mol. The molecule has 8 heteroatoms. The van der Waals surface area contributed by atoms with Crippen molar-refractivity contribution in [2.75, 3.05) is 64.4 Å². The Morgan fingerprint density at radius 2 is 1.64 bits per heavy atom. The molecule has 1 amide bonds. The van der Waals surface area contributed by atoms with Crippen LogP contribution in [0.3, 0.4) is 0 Å². The van der Waals surface area contributed by atoms with Crippen LogP contribution < -0.4 is 9.64 Å². The first-order valence-corrected chi connectivity index (χ1v) is 12.4. The second kappa shape index (κ2) is 11.4. The Kier molecular flexibility index (Phi) is 8.27. The van der Waals surface area contributed by atoms with Crippen LogP contribution in [0, 0.1) is 0 Å². The van der Waals surface area contributed by atoms with Gasteiger partial charge in [-0.2, -0.15) is 0 Å². The van der Waals surface area contributed by atoms with E-state index >= 15 is 0 Å². The largest absolute Gasteiger partial charge is 0.497 e. The van der Waals surface area contributed by atoms with Gasteiger partial charge in [0.2, 0.25) is 0 Å². The van der Waals surface area contributed by atoms with E-state index in [1.54, 1.807) is 12.0 Å². The SMILES string of the molecule is COc1ccc([C@@H]2Sc3ccccc3N(CCCN3CCN(CCO)CC3)C(=O)[C@@H]2O)cc1. The van der Waals surface area contributed by atoms with E-state index < -0.39 is 6.10 Å². The van der Waals surface area contributed by atoms with Crippen molar-refractivity contribution in [3.63, 3.8) is 0 Å². The molecule has 33 heavy (non-hydrogen) atoms. The van der Waals surface area contributed by atoms with Gasteiger partial charge in [-0.15, -0.1) is 11.8 Å². The summed E-state index contributed by atoms with van der Waals surface area (Å²) < 4.78 is 5.25. The summed E-state index contributed by atoms with van der Waals surface area (Å²) in [6.07, 6.45) is -0.289. The molecule has 178 valence electrons. The number of fused-ring (bicyclic) bond motifs is 1. The predicted octanol–water partition coefficient (Wildman–Crippen LogP) is 2.24. The number of amides is 1. The summed E-state index contributed by atoms with van der Waals surface area (Å²) in [6, 6.07) is 15.5. The second-order valence-electron chi connectivity index (χ2n) is 8.47. The predicted molar refractivity (Wildman–Crippen MR) is 131 cm³/mol. The van der Waals surface area contributed by atoms with Crippen molar-refractivity contribution in [1.29, 1.82) is 0 Å². The van der Waals surface area contributed by atoms with Crippen LogP contribution in [0.15, 0.2) is 53.4 Å². The number of β-amino-alcohol motifs (C(OH)–C–C–N with tert-alkyl or cyclic N) is 1. The number of thioether (sulfide) groups is 1. The van der Waals surface area contributed by atoms with Crippen molar-refractivity contribution in [2.45, 2.75) is 22.7 Å². The summed E-state index contributed by atoms with van der Waals surface area (Å²) in [5.74, 6) is 0.499. The number of anilines is 1. The van der Waals surface area contributed by atoms with Gasteiger partial charge in [-0.1, -0.05) is 24.3 Å². The third kappa shape index (κ3) is 5.70. The summed E-state index contributed by atoms with van der Waals surface area (Å²) in [5, 5.41) is 19.8. The van der Waals surface area contributed by atoms with Gasteiger partial charge >= 0.3 is 0 Å². The molecule has 2 aliphatic rings. The van der Waals surface area contributed by atoms with Gasteiger partial charge in [-0.05, 0) is 42.8 Å². The molecule has 1 saturated heterocycles. The number of hydrogen-bond acceptors (Lipinski definition) is 7. The highest BCUT2D eigenvalue weighted by Crippen LogP contribution is 2.45.